The summed E-state index contributed by atoms with van der Waals surface area (Å²) in [5.74, 6) is 0.885. The maximum absolute atomic E-state index is 5.91. The second-order valence-electron chi connectivity index (χ2n) is 8.36. The Morgan fingerprint density at radius 3 is 1.35 bits per heavy atom. The number of anilines is 4. The van der Waals surface area contributed by atoms with Crippen molar-refractivity contribution >= 4 is 66.6 Å². The third-order valence-corrected chi connectivity index (χ3v) is 5.67. The second-order valence-corrected chi connectivity index (χ2v) is 8.36. The minimum atomic E-state index is 0.443. The third-order valence-electron chi connectivity index (χ3n) is 5.67. The SMILES string of the molecule is Cc1ccc2c(c1)nc(N)c1ncc(N)cc12.Cc1ccc2c(c1)nc(N)c1ncc(N)cc12. The fourth-order valence-corrected chi connectivity index (χ4v) is 4.07. The van der Waals surface area contributed by atoms with Crippen molar-refractivity contribution in [3.05, 3.63) is 72.1 Å². The molecular weight excluding hydrogens is 424 g/mol. The van der Waals surface area contributed by atoms with Crippen LogP contribution in [0.2, 0.25) is 0 Å². The highest BCUT2D eigenvalue weighted by Crippen LogP contribution is 2.29. The lowest BCUT2D eigenvalue weighted by Gasteiger charge is -2.07. The first-order valence-corrected chi connectivity index (χ1v) is 10.7. The number of nitrogen functional groups attached to an aromatic ring is 4. The van der Waals surface area contributed by atoms with Gasteiger partial charge in [0.1, 0.15) is 11.0 Å². The smallest absolute Gasteiger partial charge is 0.150 e. The van der Waals surface area contributed by atoms with Gasteiger partial charge in [-0.3, -0.25) is 9.97 Å². The molecule has 0 atom stereocenters. The van der Waals surface area contributed by atoms with Crippen LogP contribution in [0.3, 0.4) is 0 Å². The van der Waals surface area contributed by atoms with Gasteiger partial charge in [-0.15, -0.1) is 0 Å². The molecule has 6 aromatic rings. The molecule has 8 heteroatoms. The Hall–Kier alpha value is -4.72. The van der Waals surface area contributed by atoms with Gasteiger partial charge in [0.05, 0.1) is 34.8 Å². The van der Waals surface area contributed by atoms with E-state index in [0.29, 0.717) is 34.0 Å². The van der Waals surface area contributed by atoms with Gasteiger partial charge in [0.25, 0.3) is 0 Å². The topological polar surface area (TPSA) is 156 Å². The Kier molecular flexibility index (Phi) is 4.98. The first kappa shape index (κ1) is 21.1. The van der Waals surface area contributed by atoms with Gasteiger partial charge in [0.2, 0.25) is 0 Å². The number of rotatable bonds is 0. The van der Waals surface area contributed by atoms with Crippen LogP contribution in [0, 0.1) is 13.8 Å². The van der Waals surface area contributed by atoms with Crippen LogP contribution in [0.4, 0.5) is 23.0 Å². The standard InChI is InChI=1S/2C13H12N4/c2*1-7-2-3-9-10-5-8(14)6-16-12(10)13(15)17-11(9)4-7/h2*2-6H,14H2,1H3,(H2,15,17). The van der Waals surface area contributed by atoms with Crippen molar-refractivity contribution in [3.8, 4) is 0 Å². The highest BCUT2D eigenvalue weighted by atomic mass is 14.9. The van der Waals surface area contributed by atoms with Crippen LogP contribution in [-0.4, -0.2) is 19.9 Å². The van der Waals surface area contributed by atoms with E-state index in [-0.39, 0.29) is 0 Å². The Morgan fingerprint density at radius 2 is 0.941 bits per heavy atom. The number of benzene rings is 2. The van der Waals surface area contributed by atoms with Crippen LogP contribution in [0.1, 0.15) is 11.1 Å². The van der Waals surface area contributed by atoms with E-state index in [2.05, 4.69) is 19.9 Å². The summed E-state index contributed by atoms with van der Waals surface area (Å²) in [6, 6.07) is 15.9. The molecule has 0 amide bonds. The molecule has 4 heterocycles. The van der Waals surface area contributed by atoms with Gasteiger partial charge in [-0.2, -0.15) is 0 Å². The molecule has 8 nitrogen and oxygen atoms in total. The highest BCUT2D eigenvalue weighted by Gasteiger charge is 2.09. The number of hydrogen-bond acceptors (Lipinski definition) is 8. The molecule has 0 saturated carbocycles. The van der Waals surface area contributed by atoms with E-state index in [1.165, 1.54) is 0 Å². The first-order valence-electron chi connectivity index (χ1n) is 10.7. The fourth-order valence-electron chi connectivity index (χ4n) is 4.07. The highest BCUT2D eigenvalue weighted by molar-refractivity contribution is 6.09. The molecule has 0 aliphatic rings. The Bertz CT molecular complexity index is 1600. The largest absolute Gasteiger partial charge is 0.397 e. The van der Waals surface area contributed by atoms with Gasteiger partial charge < -0.3 is 22.9 Å². The summed E-state index contributed by atoms with van der Waals surface area (Å²) in [5, 5.41) is 3.96. The lowest BCUT2D eigenvalue weighted by atomic mass is 10.1. The van der Waals surface area contributed by atoms with Crippen molar-refractivity contribution < 1.29 is 0 Å². The van der Waals surface area contributed by atoms with E-state index in [1.54, 1.807) is 12.4 Å². The Labute approximate surface area is 195 Å². The summed E-state index contributed by atoms with van der Waals surface area (Å²) in [6.45, 7) is 4.05. The first-order chi connectivity index (χ1) is 16.3. The molecule has 0 bridgehead atoms. The van der Waals surface area contributed by atoms with Gasteiger partial charge in [-0.1, -0.05) is 24.3 Å². The Balaban J connectivity index is 0.000000142. The van der Waals surface area contributed by atoms with Crippen LogP contribution in [-0.2, 0) is 0 Å². The second kappa shape index (κ2) is 8.00. The minimum absolute atomic E-state index is 0.443. The lowest BCUT2D eigenvalue weighted by molar-refractivity contribution is 1.35. The molecule has 168 valence electrons. The molecule has 0 unspecified atom stereocenters. The van der Waals surface area contributed by atoms with E-state index in [9.17, 15) is 0 Å². The summed E-state index contributed by atoms with van der Waals surface area (Å²) in [6.07, 6.45) is 3.20. The zero-order chi connectivity index (χ0) is 24.0. The predicted molar refractivity (Wildman–Crippen MR) is 141 cm³/mol. The van der Waals surface area contributed by atoms with E-state index in [1.807, 2.05) is 62.4 Å². The van der Waals surface area contributed by atoms with E-state index < -0.39 is 0 Å². The van der Waals surface area contributed by atoms with E-state index in [4.69, 9.17) is 22.9 Å². The van der Waals surface area contributed by atoms with Crippen LogP contribution in [0.5, 0.6) is 0 Å². The van der Waals surface area contributed by atoms with Crippen LogP contribution >= 0.6 is 0 Å². The van der Waals surface area contributed by atoms with Gasteiger partial charge in [-0.25, -0.2) is 9.97 Å². The maximum atomic E-state index is 5.91. The molecule has 6 rings (SSSR count). The predicted octanol–water partition coefficient (Wildman–Crippen LogP) is 4.51. The molecule has 0 fully saturated rings. The molecular formula is C26H24N8. The van der Waals surface area contributed by atoms with Crippen LogP contribution < -0.4 is 22.9 Å². The molecule has 2 aromatic carbocycles. The summed E-state index contributed by atoms with van der Waals surface area (Å²) < 4.78 is 0. The molecule has 0 radical (unpaired) electrons. The van der Waals surface area contributed by atoms with Crippen LogP contribution in [0.25, 0.3) is 43.6 Å². The van der Waals surface area contributed by atoms with Crippen molar-refractivity contribution in [2.24, 2.45) is 0 Å². The molecule has 34 heavy (non-hydrogen) atoms. The van der Waals surface area contributed by atoms with Crippen molar-refractivity contribution in [2.75, 3.05) is 22.9 Å². The summed E-state index contributed by atoms with van der Waals surface area (Å²) in [4.78, 5) is 17.2. The summed E-state index contributed by atoms with van der Waals surface area (Å²) in [7, 11) is 0. The van der Waals surface area contributed by atoms with E-state index in [0.717, 1.165) is 43.7 Å². The summed E-state index contributed by atoms with van der Waals surface area (Å²) >= 11 is 0. The van der Waals surface area contributed by atoms with Gasteiger partial charge >= 0.3 is 0 Å². The molecule has 0 saturated heterocycles. The lowest BCUT2D eigenvalue weighted by Crippen LogP contribution is -1.97. The van der Waals surface area contributed by atoms with E-state index >= 15 is 0 Å². The number of hydrogen-bond donors (Lipinski definition) is 4. The number of aromatic nitrogens is 4. The van der Waals surface area contributed by atoms with Gasteiger partial charge in [0, 0.05) is 21.5 Å². The van der Waals surface area contributed by atoms with Crippen LogP contribution in [0.15, 0.2) is 60.9 Å². The Morgan fingerprint density at radius 1 is 0.529 bits per heavy atom. The van der Waals surface area contributed by atoms with Crippen molar-refractivity contribution in [2.45, 2.75) is 13.8 Å². The molecule has 0 aliphatic carbocycles. The van der Waals surface area contributed by atoms with Crippen molar-refractivity contribution in [1.29, 1.82) is 0 Å². The maximum Gasteiger partial charge on any atom is 0.150 e. The molecule has 8 N–H and O–H groups in total. The number of aryl methyl sites for hydroxylation is 2. The normalized spacial score (nSPS) is 11.1. The number of nitrogens with zero attached hydrogens (tertiary/aromatic N) is 4. The minimum Gasteiger partial charge on any atom is -0.397 e. The number of pyridine rings is 4. The average Bonchev–Trinajstić information content (AvgIpc) is 2.79. The average molecular weight is 449 g/mol. The quantitative estimate of drug-likeness (QED) is 0.247. The number of nitrogens with two attached hydrogens (primary N) is 4. The molecule has 0 aliphatic heterocycles. The summed E-state index contributed by atoms with van der Waals surface area (Å²) in [5.41, 5.74) is 30.1. The van der Waals surface area contributed by atoms with Crippen molar-refractivity contribution in [1.82, 2.24) is 19.9 Å². The monoisotopic (exact) mass is 448 g/mol. The molecule has 0 spiro atoms. The van der Waals surface area contributed by atoms with Gasteiger partial charge in [0.15, 0.2) is 11.6 Å². The zero-order valence-electron chi connectivity index (χ0n) is 18.9. The van der Waals surface area contributed by atoms with Crippen molar-refractivity contribution in [3.63, 3.8) is 0 Å². The molecule has 4 aromatic heterocycles. The number of fused-ring (bicyclic) bond motifs is 6. The third kappa shape index (κ3) is 3.71. The zero-order valence-corrected chi connectivity index (χ0v) is 18.9. The van der Waals surface area contributed by atoms with Gasteiger partial charge in [-0.05, 0) is 49.2 Å². The fraction of sp³-hybridized carbons (Fsp3) is 0.0769.